The van der Waals surface area contributed by atoms with Crippen molar-refractivity contribution in [2.24, 2.45) is 16.7 Å². The second-order valence-electron chi connectivity index (χ2n) is 9.97. The molecule has 2 bridgehead atoms. The summed E-state index contributed by atoms with van der Waals surface area (Å²) in [6.45, 7) is 14.4. The van der Waals surface area contributed by atoms with Gasteiger partial charge in [0.25, 0.3) is 0 Å². The van der Waals surface area contributed by atoms with Crippen LogP contribution in [0, 0.1) is 16.7 Å². The van der Waals surface area contributed by atoms with Crippen LogP contribution in [0.1, 0.15) is 60.6 Å². The number of nitrogen functional groups attached to an aromatic ring is 1. The summed E-state index contributed by atoms with van der Waals surface area (Å²) in [6, 6.07) is 0. The molecule has 2 aromatic rings. The Bertz CT molecular complexity index is 856. The van der Waals surface area contributed by atoms with Crippen LogP contribution >= 0.6 is 0 Å². The molecule has 0 spiro atoms. The molecular formula is C20H31N5O2. The van der Waals surface area contributed by atoms with Crippen molar-refractivity contribution in [3.63, 3.8) is 0 Å². The molecule has 0 aromatic carbocycles. The SMILES string of the molecule is CCC(C)(C)C[C@]12COC(C(n3cnc4c(N)ncnc43)O1)C2C(C)(C)C. The molecule has 0 amide bonds. The average molecular weight is 374 g/mol. The van der Waals surface area contributed by atoms with Crippen LogP contribution in [0.25, 0.3) is 11.2 Å². The van der Waals surface area contributed by atoms with Crippen LogP contribution in [0.4, 0.5) is 5.82 Å². The number of nitrogens with two attached hydrogens (primary N) is 1. The number of anilines is 1. The maximum atomic E-state index is 6.81. The summed E-state index contributed by atoms with van der Waals surface area (Å²) in [7, 11) is 0. The van der Waals surface area contributed by atoms with Crippen LogP contribution < -0.4 is 5.73 Å². The molecule has 27 heavy (non-hydrogen) atoms. The van der Waals surface area contributed by atoms with Crippen molar-refractivity contribution >= 4 is 17.0 Å². The lowest BCUT2D eigenvalue weighted by atomic mass is 9.65. The Hall–Kier alpha value is -1.73. The van der Waals surface area contributed by atoms with Crippen LogP contribution in [0.2, 0.25) is 0 Å². The molecule has 3 unspecified atom stereocenters. The molecule has 0 saturated carbocycles. The van der Waals surface area contributed by atoms with Gasteiger partial charge in [0.1, 0.15) is 23.5 Å². The van der Waals surface area contributed by atoms with Gasteiger partial charge in [-0.05, 0) is 17.3 Å². The zero-order valence-corrected chi connectivity index (χ0v) is 17.2. The predicted molar refractivity (Wildman–Crippen MR) is 104 cm³/mol. The van der Waals surface area contributed by atoms with Crippen LogP contribution in [-0.4, -0.2) is 37.8 Å². The molecule has 2 aliphatic rings. The number of ether oxygens (including phenoxy) is 2. The second-order valence-corrected chi connectivity index (χ2v) is 9.97. The Morgan fingerprint density at radius 2 is 1.96 bits per heavy atom. The fourth-order valence-electron chi connectivity index (χ4n) is 5.08. The zero-order chi connectivity index (χ0) is 19.6. The molecule has 0 aliphatic carbocycles. The number of hydrogen-bond acceptors (Lipinski definition) is 6. The molecule has 7 nitrogen and oxygen atoms in total. The first-order valence-corrected chi connectivity index (χ1v) is 9.80. The summed E-state index contributed by atoms with van der Waals surface area (Å²) in [5.41, 5.74) is 7.21. The number of rotatable bonds is 4. The Labute approximate surface area is 160 Å². The highest BCUT2D eigenvalue weighted by Gasteiger charge is 2.65. The highest BCUT2D eigenvalue weighted by molar-refractivity contribution is 5.81. The van der Waals surface area contributed by atoms with Crippen molar-refractivity contribution in [3.8, 4) is 0 Å². The third kappa shape index (κ3) is 2.83. The minimum absolute atomic E-state index is 0.0359. The van der Waals surface area contributed by atoms with E-state index in [-0.39, 0.29) is 34.7 Å². The van der Waals surface area contributed by atoms with E-state index in [1.807, 2.05) is 4.57 Å². The Morgan fingerprint density at radius 3 is 2.63 bits per heavy atom. The number of hydrogen-bond donors (Lipinski definition) is 1. The van der Waals surface area contributed by atoms with E-state index in [1.165, 1.54) is 6.33 Å². The molecule has 0 radical (unpaired) electrons. The maximum absolute atomic E-state index is 6.81. The predicted octanol–water partition coefficient (Wildman–Crippen LogP) is 3.56. The first-order valence-electron chi connectivity index (χ1n) is 9.80. The number of aromatic nitrogens is 4. The normalized spacial score (nSPS) is 31.1. The summed E-state index contributed by atoms with van der Waals surface area (Å²) >= 11 is 0. The number of fused-ring (bicyclic) bond motifs is 3. The van der Waals surface area contributed by atoms with Gasteiger partial charge in [0.15, 0.2) is 17.7 Å². The minimum Gasteiger partial charge on any atom is -0.382 e. The molecular weight excluding hydrogens is 342 g/mol. The molecule has 7 heteroatoms. The van der Waals surface area contributed by atoms with Gasteiger partial charge in [-0.1, -0.05) is 48.0 Å². The van der Waals surface area contributed by atoms with E-state index < -0.39 is 0 Å². The quantitative estimate of drug-likeness (QED) is 0.881. The third-order valence-electron chi connectivity index (χ3n) is 6.38. The van der Waals surface area contributed by atoms with Gasteiger partial charge in [0, 0.05) is 5.92 Å². The van der Waals surface area contributed by atoms with Crippen LogP contribution in [0.5, 0.6) is 0 Å². The summed E-state index contributed by atoms with van der Waals surface area (Å²) in [6.07, 6.45) is 5.00. The van der Waals surface area contributed by atoms with Crippen LogP contribution in [0.15, 0.2) is 12.7 Å². The van der Waals surface area contributed by atoms with Gasteiger partial charge in [0.2, 0.25) is 0 Å². The van der Waals surface area contributed by atoms with Crippen LogP contribution in [-0.2, 0) is 9.47 Å². The topological polar surface area (TPSA) is 88.1 Å². The second kappa shape index (κ2) is 5.88. The van der Waals surface area contributed by atoms with E-state index in [0.717, 1.165) is 12.8 Å². The van der Waals surface area contributed by atoms with E-state index in [4.69, 9.17) is 15.2 Å². The fourth-order valence-corrected chi connectivity index (χ4v) is 5.08. The number of nitrogens with zero attached hydrogens (tertiary/aromatic N) is 4. The monoisotopic (exact) mass is 373 g/mol. The molecule has 148 valence electrons. The molecule has 4 atom stereocenters. The van der Waals surface area contributed by atoms with Gasteiger partial charge in [-0.3, -0.25) is 4.57 Å². The lowest BCUT2D eigenvalue weighted by Crippen LogP contribution is -2.45. The molecule has 2 aromatic heterocycles. The van der Waals surface area contributed by atoms with E-state index in [2.05, 4.69) is 56.5 Å². The van der Waals surface area contributed by atoms with Gasteiger partial charge >= 0.3 is 0 Å². The maximum Gasteiger partial charge on any atom is 0.167 e. The largest absolute Gasteiger partial charge is 0.382 e. The van der Waals surface area contributed by atoms with E-state index in [1.54, 1.807) is 6.33 Å². The Morgan fingerprint density at radius 1 is 1.22 bits per heavy atom. The standard InChI is InChI=1S/C20H31N5O2/c1-7-19(5,6)8-20-9-26-13(14(20)18(2,3)4)17(27-20)25-11-24-12-15(21)22-10-23-16(12)25/h10-11,13-14,17H,7-9H2,1-6H3,(H2,21,22,23)/t13?,14?,17?,20-/m1/s1. The Balaban J connectivity index is 1.78. The molecule has 2 aliphatic heterocycles. The van der Waals surface area contributed by atoms with Crippen molar-refractivity contribution in [2.75, 3.05) is 12.3 Å². The fraction of sp³-hybridized carbons (Fsp3) is 0.750. The molecule has 2 fully saturated rings. The summed E-state index contributed by atoms with van der Waals surface area (Å²) in [5.74, 6) is 0.675. The minimum atomic E-state index is -0.303. The zero-order valence-electron chi connectivity index (χ0n) is 17.2. The van der Waals surface area contributed by atoms with E-state index in [0.29, 0.717) is 23.6 Å². The Kier molecular flexibility index (Phi) is 4.06. The summed E-state index contributed by atoms with van der Waals surface area (Å²) < 4.78 is 15.1. The smallest absolute Gasteiger partial charge is 0.167 e. The first kappa shape index (κ1) is 18.6. The van der Waals surface area contributed by atoms with Crippen molar-refractivity contribution in [1.29, 1.82) is 0 Å². The van der Waals surface area contributed by atoms with Gasteiger partial charge in [0.05, 0.1) is 12.9 Å². The lowest BCUT2D eigenvalue weighted by Gasteiger charge is -2.41. The van der Waals surface area contributed by atoms with Crippen molar-refractivity contribution in [2.45, 2.75) is 72.3 Å². The molecule has 4 heterocycles. The highest BCUT2D eigenvalue weighted by Crippen LogP contribution is 2.59. The van der Waals surface area contributed by atoms with E-state index in [9.17, 15) is 0 Å². The number of imidazole rings is 1. The lowest BCUT2D eigenvalue weighted by molar-refractivity contribution is -0.183. The third-order valence-corrected chi connectivity index (χ3v) is 6.38. The molecule has 2 N–H and O–H groups in total. The van der Waals surface area contributed by atoms with Crippen molar-refractivity contribution in [3.05, 3.63) is 12.7 Å². The van der Waals surface area contributed by atoms with Gasteiger partial charge < -0.3 is 15.2 Å². The van der Waals surface area contributed by atoms with E-state index >= 15 is 0 Å². The highest BCUT2D eigenvalue weighted by atomic mass is 16.6. The molecule has 4 rings (SSSR count). The van der Waals surface area contributed by atoms with Gasteiger partial charge in [-0.2, -0.15) is 0 Å². The van der Waals surface area contributed by atoms with Crippen molar-refractivity contribution < 1.29 is 9.47 Å². The van der Waals surface area contributed by atoms with Gasteiger partial charge in [-0.25, -0.2) is 15.0 Å². The van der Waals surface area contributed by atoms with Gasteiger partial charge in [-0.15, -0.1) is 0 Å². The first-order chi connectivity index (χ1) is 12.6. The average Bonchev–Trinajstić information content (AvgIpc) is 3.23. The van der Waals surface area contributed by atoms with Crippen molar-refractivity contribution in [1.82, 2.24) is 19.5 Å². The summed E-state index contributed by atoms with van der Waals surface area (Å²) in [4.78, 5) is 12.9. The van der Waals surface area contributed by atoms with Crippen LogP contribution in [0.3, 0.4) is 0 Å². The summed E-state index contributed by atoms with van der Waals surface area (Å²) in [5, 5.41) is 0. The molecule has 2 saturated heterocycles.